The Morgan fingerprint density at radius 1 is 1.29 bits per heavy atom. The van der Waals surface area contributed by atoms with E-state index in [-0.39, 0.29) is 22.2 Å². The number of morpholine rings is 1. The molecule has 1 amide bonds. The standard InChI is InChI=1S/C16H17F2N3O2S/c1-9-12(15(22)21-5-7-23-8-6-21)14(20-16(24)19-9)13-10(17)3-2-4-11(13)18/h2-4,14H,5-8H2,1H3,(H2,19,20,24)/t14-/m1/s1. The molecule has 2 aliphatic heterocycles. The third-order valence-corrected chi connectivity index (χ3v) is 4.31. The van der Waals surface area contributed by atoms with Gasteiger partial charge in [-0.3, -0.25) is 4.79 Å². The molecule has 3 rings (SSSR count). The minimum atomic E-state index is -0.977. The van der Waals surface area contributed by atoms with Crippen LogP contribution in [-0.4, -0.2) is 42.2 Å². The molecule has 24 heavy (non-hydrogen) atoms. The molecule has 0 spiro atoms. The van der Waals surface area contributed by atoms with Gasteiger partial charge in [0.15, 0.2) is 5.11 Å². The summed E-state index contributed by atoms with van der Waals surface area (Å²) in [7, 11) is 0. The Bertz CT molecular complexity index is 697. The van der Waals surface area contributed by atoms with E-state index >= 15 is 0 Å². The molecule has 5 nitrogen and oxygen atoms in total. The van der Waals surface area contributed by atoms with Crippen LogP contribution in [0, 0.1) is 11.6 Å². The van der Waals surface area contributed by atoms with Gasteiger partial charge in [0.2, 0.25) is 0 Å². The van der Waals surface area contributed by atoms with Gasteiger partial charge in [-0.05, 0) is 31.3 Å². The lowest BCUT2D eigenvalue weighted by molar-refractivity contribution is -0.131. The number of hydrogen-bond donors (Lipinski definition) is 2. The highest BCUT2D eigenvalue weighted by atomic mass is 32.1. The summed E-state index contributed by atoms with van der Waals surface area (Å²) in [5, 5.41) is 5.90. The molecule has 0 aliphatic carbocycles. The van der Waals surface area contributed by atoms with Crippen molar-refractivity contribution in [2.75, 3.05) is 26.3 Å². The van der Waals surface area contributed by atoms with Crippen LogP contribution >= 0.6 is 12.2 Å². The van der Waals surface area contributed by atoms with Crippen LogP contribution in [0.3, 0.4) is 0 Å². The molecule has 128 valence electrons. The lowest BCUT2D eigenvalue weighted by Crippen LogP contribution is -2.50. The van der Waals surface area contributed by atoms with E-state index < -0.39 is 17.7 Å². The zero-order valence-corrected chi connectivity index (χ0v) is 13.9. The smallest absolute Gasteiger partial charge is 0.254 e. The molecule has 1 fully saturated rings. The summed E-state index contributed by atoms with van der Waals surface area (Å²) in [6.07, 6.45) is 0. The van der Waals surface area contributed by atoms with Crippen molar-refractivity contribution in [3.05, 3.63) is 46.7 Å². The van der Waals surface area contributed by atoms with Crippen molar-refractivity contribution < 1.29 is 18.3 Å². The first-order chi connectivity index (χ1) is 11.5. The van der Waals surface area contributed by atoms with Crippen molar-refractivity contribution in [1.29, 1.82) is 0 Å². The van der Waals surface area contributed by atoms with Crippen LogP contribution in [0.1, 0.15) is 18.5 Å². The Hall–Kier alpha value is -2.06. The second-order valence-electron chi connectivity index (χ2n) is 5.61. The maximum absolute atomic E-state index is 14.3. The molecular weight excluding hydrogens is 336 g/mol. The fourth-order valence-corrected chi connectivity index (χ4v) is 3.19. The van der Waals surface area contributed by atoms with Gasteiger partial charge in [-0.1, -0.05) is 6.07 Å². The van der Waals surface area contributed by atoms with E-state index in [2.05, 4.69) is 10.6 Å². The highest BCUT2D eigenvalue weighted by molar-refractivity contribution is 7.80. The number of hydrogen-bond acceptors (Lipinski definition) is 3. The van der Waals surface area contributed by atoms with Gasteiger partial charge in [0.1, 0.15) is 11.6 Å². The fraction of sp³-hybridized carbons (Fsp3) is 0.375. The minimum absolute atomic E-state index is 0.211. The summed E-state index contributed by atoms with van der Waals surface area (Å²) >= 11 is 5.10. The van der Waals surface area contributed by atoms with Crippen molar-refractivity contribution >= 4 is 23.2 Å². The Labute approximate surface area is 143 Å². The number of carbonyl (C=O) groups excluding carboxylic acids is 1. The van der Waals surface area contributed by atoms with Crippen LogP contribution in [0.15, 0.2) is 29.5 Å². The van der Waals surface area contributed by atoms with E-state index in [0.29, 0.717) is 32.0 Å². The lowest BCUT2D eigenvalue weighted by atomic mass is 9.93. The maximum Gasteiger partial charge on any atom is 0.254 e. The van der Waals surface area contributed by atoms with Gasteiger partial charge in [0.05, 0.1) is 30.4 Å². The number of thiocarbonyl (C=S) groups is 1. The summed E-state index contributed by atoms with van der Waals surface area (Å²) < 4.78 is 33.8. The Kier molecular flexibility index (Phi) is 4.77. The molecule has 2 heterocycles. The average Bonchev–Trinajstić information content (AvgIpc) is 2.54. The summed E-state index contributed by atoms with van der Waals surface area (Å²) in [6, 6.07) is 2.64. The molecule has 0 bridgehead atoms. The SMILES string of the molecule is CC1=C(C(=O)N2CCOCC2)[C@H](c2c(F)cccc2F)NC(=S)N1. The highest BCUT2D eigenvalue weighted by Gasteiger charge is 2.35. The third kappa shape index (κ3) is 3.11. The van der Waals surface area contributed by atoms with Crippen LogP contribution in [0.4, 0.5) is 8.78 Å². The number of nitrogens with zero attached hydrogens (tertiary/aromatic N) is 1. The predicted octanol–water partition coefficient (Wildman–Crippen LogP) is 1.62. The summed E-state index contributed by atoms with van der Waals surface area (Å²) in [5.74, 6) is -1.74. The largest absolute Gasteiger partial charge is 0.378 e. The van der Waals surface area contributed by atoms with Gasteiger partial charge in [-0.15, -0.1) is 0 Å². The number of allylic oxidation sites excluding steroid dienone is 1. The van der Waals surface area contributed by atoms with E-state index in [1.807, 2.05) is 0 Å². The molecule has 0 unspecified atom stereocenters. The monoisotopic (exact) mass is 353 g/mol. The molecule has 8 heteroatoms. The predicted molar refractivity (Wildman–Crippen MR) is 88.1 cm³/mol. The minimum Gasteiger partial charge on any atom is -0.378 e. The Balaban J connectivity index is 2.04. The number of halogens is 2. The van der Waals surface area contributed by atoms with Crippen LogP contribution in [-0.2, 0) is 9.53 Å². The van der Waals surface area contributed by atoms with Crippen molar-refractivity contribution in [1.82, 2.24) is 15.5 Å². The van der Waals surface area contributed by atoms with Gasteiger partial charge in [-0.2, -0.15) is 0 Å². The van der Waals surface area contributed by atoms with Gasteiger partial charge in [-0.25, -0.2) is 8.78 Å². The van der Waals surface area contributed by atoms with Crippen LogP contribution in [0.5, 0.6) is 0 Å². The highest BCUT2D eigenvalue weighted by Crippen LogP contribution is 2.31. The Morgan fingerprint density at radius 3 is 2.54 bits per heavy atom. The third-order valence-electron chi connectivity index (χ3n) is 4.09. The zero-order valence-electron chi connectivity index (χ0n) is 13.1. The van der Waals surface area contributed by atoms with E-state index in [1.54, 1.807) is 11.8 Å². The molecule has 2 aliphatic rings. The lowest BCUT2D eigenvalue weighted by Gasteiger charge is -2.35. The van der Waals surface area contributed by atoms with Gasteiger partial charge < -0.3 is 20.3 Å². The van der Waals surface area contributed by atoms with Crippen molar-refractivity contribution in [2.45, 2.75) is 13.0 Å². The van der Waals surface area contributed by atoms with E-state index in [0.717, 1.165) is 12.1 Å². The van der Waals surface area contributed by atoms with Crippen LogP contribution in [0.2, 0.25) is 0 Å². The number of benzene rings is 1. The number of amides is 1. The average molecular weight is 353 g/mol. The van der Waals surface area contributed by atoms with Gasteiger partial charge >= 0.3 is 0 Å². The van der Waals surface area contributed by atoms with E-state index in [9.17, 15) is 13.6 Å². The molecular formula is C16H17F2N3O2S. The fourth-order valence-electron chi connectivity index (χ4n) is 2.92. The van der Waals surface area contributed by atoms with Crippen LogP contribution in [0.25, 0.3) is 0 Å². The number of nitrogens with one attached hydrogen (secondary N) is 2. The first-order valence-corrected chi connectivity index (χ1v) is 7.99. The normalized spacial score (nSPS) is 21.4. The molecule has 1 aromatic carbocycles. The topological polar surface area (TPSA) is 53.6 Å². The zero-order chi connectivity index (χ0) is 17.3. The molecule has 0 aromatic heterocycles. The van der Waals surface area contributed by atoms with Crippen LogP contribution < -0.4 is 10.6 Å². The van der Waals surface area contributed by atoms with Gasteiger partial charge in [0, 0.05) is 18.8 Å². The first kappa shape index (κ1) is 16.8. The summed E-state index contributed by atoms with van der Waals surface area (Å²) in [6.45, 7) is 3.43. The second-order valence-corrected chi connectivity index (χ2v) is 6.02. The number of carbonyl (C=O) groups is 1. The number of ether oxygens (including phenoxy) is 1. The van der Waals surface area contributed by atoms with E-state index in [4.69, 9.17) is 17.0 Å². The second kappa shape index (κ2) is 6.82. The first-order valence-electron chi connectivity index (χ1n) is 7.58. The van der Waals surface area contributed by atoms with Crippen molar-refractivity contribution in [2.24, 2.45) is 0 Å². The molecule has 1 atom stereocenters. The van der Waals surface area contributed by atoms with E-state index in [1.165, 1.54) is 6.07 Å². The molecule has 2 N–H and O–H groups in total. The van der Waals surface area contributed by atoms with Crippen molar-refractivity contribution in [3.63, 3.8) is 0 Å². The number of rotatable bonds is 2. The van der Waals surface area contributed by atoms with Crippen molar-refractivity contribution in [3.8, 4) is 0 Å². The molecule has 1 saturated heterocycles. The molecule has 0 saturated carbocycles. The Morgan fingerprint density at radius 2 is 1.92 bits per heavy atom. The van der Waals surface area contributed by atoms with Gasteiger partial charge in [0.25, 0.3) is 5.91 Å². The molecule has 1 aromatic rings. The summed E-state index contributed by atoms with van der Waals surface area (Å²) in [4.78, 5) is 14.5. The molecule has 0 radical (unpaired) electrons. The quantitative estimate of drug-likeness (QED) is 0.792. The summed E-state index contributed by atoms with van der Waals surface area (Å²) in [5.41, 5.74) is 0.537. The maximum atomic E-state index is 14.3.